The third kappa shape index (κ3) is 83.3. The highest BCUT2D eigenvalue weighted by molar-refractivity contribution is 7.47. The molecule has 0 rings (SSSR count). The second-order valence-electron chi connectivity index (χ2n) is 32.1. The number of rotatable bonds is 88. The van der Waals surface area contributed by atoms with Crippen LogP contribution in [0.3, 0.4) is 0 Å². The number of ether oxygens (including phenoxy) is 4. The third-order valence-electron chi connectivity index (χ3n) is 20.7. The molecule has 0 aliphatic rings. The molecular weight excluding hydrogens is 1410 g/mol. The molecule has 0 bridgehead atoms. The van der Waals surface area contributed by atoms with E-state index in [2.05, 4.69) is 58.9 Å². The van der Waals surface area contributed by atoms with E-state index in [9.17, 15) is 43.2 Å². The molecule has 3 N–H and O–H groups in total. The van der Waals surface area contributed by atoms with Crippen LogP contribution in [0.1, 0.15) is 465 Å². The van der Waals surface area contributed by atoms with Gasteiger partial charge in [-0.25, -0.2) is 9.13 Å². The smallest absolute Gasteiger partial charge is 0.462 e. The van der Waals surface area contributed by atoms with Crippen LogP contribution in [0, 0.1) is 5.92 Å². The van der Waals surface area contributed by atoms with Crippen molar-refractivity contribution < 1.29 is 80.2 Å². The third-order valence-corrected chi connectivity index (χ3v) is 22.6. The van der Waals surface area contributed by atoms with Gasteiger partial charge in [-0.1, -0.05) is 412 Å². The molecule has 2 unspecified atom stereocenters. The van der Waals surface area contributed by atoms with E-state index in [1.807, 2.05) is 0 Å². The Hall–Kier alpha value is -2.46. The lowest BCUT2D eigenvalue weighted by Crippen LogP contribution is -2.30. The first-order valence-corrected chi connectivity index (χ1v) is 48.9. The lowest BCUT2D eigenvalue weighted by Gasteiger charge is -2.21. The number of hydrogen-bond donors (Lipinski definition) is 3. The summed E-state index contributed by atoms with van der Waals surface area (Å²) < 4.78 is 69.0. The molecule has 0 aromatic carbocycles. The van der Waals surface area contributed by atoms with Crippen molar-refractivity contribution in [1.29, 1.82) is 0 Å². The molecule has 0 radical (unpaired) electrons. The molecule has 0 aromatic rings. The average molecular weight is 1590 g/mol. The molecule has 109 heavy (non-hydrogen) atoms. The zero-order valence-corrected chi connectivity index (χ0v) is 73.0. The van der Waals surface area contributed by atoms with Crippen molar-refractivity contribution in [3.8, 4) is 0 Å². The minimum absolute atomic E-state index is 0.0852. The van der Waals surface area contributed by atoms with Crippen LogP contribution in [-0.2, 0) is 65.4 Å². The van der Waals surface area contributed by atoms with Crippen LogP contribution in [0.4, 0.5) is 0 Å². The molecule has 17 nitrogen and oxygen atoms in total. The number of phosphoric ester groups is 2. The summed E-state index contributed by atoms with van der Waals surface area (Å²) in [6.07, 6.45) is 80.2. The van der Waals surface area contributed by atoms with Gasteiger partial charge in [0.05, 0.1) is 26.4 Å². The molecule has 5 atom stereocenters. The quantitative estimate of drug-likeness (QED) is 0.0169. The minimum atomic E-state index is -4.97. The predicted molar refractivity (Wildman–Crippen MR) is 451 cm³/mol. The van der Waals surface area contributed by atoms with Crippen molar-refractivity contribution in [2.75, 3.05) is 39.6 Å². The van der Waals surface area contributed by atoms with Gasteiger partial charge in [-0.2, -0.15) is 0 Å². The SMILES string of the molecule is CCCCCC/C=C\C=C/CCCCCCCC(=O)O[C@H](COC(=O)CCCCCCCCCCCC(C)C)COP(=O)(O)OC[C@H](O)COP(=O)(O)OC[C@@H](COC(=O)CCCCCCCCCCCCCCCCCCCCCC)OC(=O)CCCCCCCCCCCCCCCCCCCCCCCC. The van der Waals surface area contributed by atoms with Crippen molar-refractivity contribution in [1.82, 2.24) is 0 Å². The Labute approximate surface area is 669 Å². The number of carbonyl (C=O) groups excluding carboxylic acids is 4. The van der Waals surface area contributed by atoms with Gasteiger partial charge >= 0.3 is 39.5 Å². The van der Waals surface area contributed by atoms with Crippen LogP contribution in [0.25, 0.3) is 0 Å². The minimum Gasteiger partial charge on any atom is -0.462 e. The maximum absolute atomic E-state index is 13.2. The fourth-order valence-electron chi connectivity index (χ4n) is 13.6. The van der Waals surface area contributed by atoms with Gasteiger partial charge < -0.3 is 33.8 Å². The lowest BCUT2D eigenvalue weighted by molar-refractivity contribution is -0.161. The van der Waals surface area contributed by atoms with Crippen LogP contribution in [0.2, 0.25) is 0 Å². The van der Waals surface area contributed by atoms with Crippen molar-refractivity contribution >= 4 is 39.5 Å². The highest BCUT2D eigenvalue weighted by Gasteiger charge is 2.30. The number of phosphoric acid groups is 2. The summed E-state index contributed by atoms with van der Waals surface area (Å²) in [7, 11) is -9.95. The van der Waals surface area contributed by atoms with Gasteiger partial charge in [0.1, 0.15) is 19.3 Å². The van der Waals surface area contributed by atoms with Crippen LogP contribution < -0.4 is 0 Å². The van der Waals surface area contributed by atoms with Gasteiger partial charge in [-0.15, -0.1) is 0 Å². The summed E-state index contributed by atoms with van der Waals surface area (Å²) in [5.74, 6) is -1.39. The number of aliphatic hydroxyl groups excluding tert-OH is 1. The second-order valence-corrected chi connectivity index (χ2v) is 35.0. The molecule has 0 spiro atoms. The molecule has 0 amide bonds. The van der Waals surface area contributed by atoms with Crippen LogP contribution >= 0.6 is 15.6 Å². The van der Waals surface area contributed by atoms with Crippen LogP contribution in [-0.4, -0.2) is 96.7 Å². The predicted octanol–water partition coefficient (Wildman–Crippen LogP) is 27.5. The largest absolute Gasteiger partial charge is 0.472 e. The number of hydrogen-bond acceptors (Lipinski definition) is 15. The van der Waals surface area contributed by atoms with Crippen molar-refractivity contribution in [3.63, 3.8) is 0 Å². The Balaban J connectivity index is 5.26. The van der Waals surface area contributed by atoms with E-state index in [-0.39, 0.29) is 25.7 Å². The fourth-order valence-corrected chi connectivity index (χ4v) is 15.2. The van der Waals surface area contributed by atoms with Crippen LogP contribution in [0.15, 0.2) is 24.3 Å². The van der Waals surface area contributed by atoms with E-state index < -0.39 is 97.5 Å². The topological polar surface area (TPSA) is 237 Å². The highest BCUT2D eigenvalue weighted by atomic mass is 31.2. The maximum atomic E-state index is 13.2. The van der Waals surface area contributed by atoms with Gasteiger partial charge in [0.25, 0.3) is 0 Å². The Morgan fingerprint density at radius 3 is 0.752 bits per heavy atom. The van der Waals surface area contributed by atoms with E-state index in [1.54, 1.807) is 0 Å². The van der Waals surface area contributed by atoms with Gasteiger partial charge in [-0.05, 0) is 57.3 Å². The highest BCUT2D eigenvalue weighted by Crippen LogP contribution is 2.45. The van der Waals surface area contributed by atoms with E-state index >= 15 is 0 Å². The average Bonchev–Trinajstić information content (AvgIpc) is 0.901. The van der Waals surface area contributed by atoms with Crippen molar-refractivity contribution in [2.45, 2.75) is 483 Å². The lowest BCUT2D eigenvalue weighted by atomic mass is 10.0. The van der Waals surface area contributed by atoms with Gasteiger partial charge in [0.2, 0.25) is 0 Å². The van der Waals surface area contributed by atoms with Crippen molar-refractivity contribution in [2.24, 2.45) is 5.92 Å². The number of carbonyl (C=O) groups is 4. The first-order chi connectivity index (χ1) is 53.0. The molecule has 0 heterocycles. The first kappa shape index (κ1) is 107. The maximum Gasteiger partial charge on any atom is 0.472 e. The Kier molecular flexibility index (Phi) is 80.2. The molecule has 0 aliphatic heterocycles. The zero-order chi connectivity index (χ0) is 79.7. The summed E-state index contributed by atoms with van der Waals surface area (Å²) in [6, 6.07) is 0. The van der Waals surface area contributed by atoms with Gasteiger partial charge in [-0.3, -0.25) is 37.3 Å². The number of unbranched alkanes of at least 4 members (excludes halogenated alkanes) is 57. The molecule has 0 aliphatic carbocycles. The molecular formula is C90H172O17P2. The van der Waals surface area contributed by atoms with E-state index in [4.69, 9.17) is 37.0 Å². The number of allylic oxidation sites excluding steroid dienone is 4. The Bertz CT molecular complexity index is 2160. The summed E-state index contributed by atoms with van der Waals surface area (Å²) >= 11 is 0. The van der Waals surface area contributed by atoms with Crippen LogP contribution in [0.5, 0.6) is 0 Å². The summed E-state index contributed by atoms with van der Waals surface area (Å²) in [5, 5.41) is 10.7. The second kappa shape index (κ2) is 82.1. The van der Waals surface area contributed by atoms with E-state index in [0.29, 0.717) is 25.7 Å². The monoisotopic (exact) mass is 1590 g/mol. The molecule has 0 fully saturated rings. The van der Waals surface area contributed by atoms with E-state index in [0.717, 1.165) is 109 Å². The molecule has 19 heteroatoms. The number of aliphatic hydroxyl groups is 1. The first-order valence-electron chi connectivity index (χ1n) is 46.0. The Morgan fingerprint density at radius 1 is 0.284 bits per heavy atom. The van der Waals surface area contributed by atoms with E-state index in [1.165, 1.54) is 276 Å². The molecule has 0 aromatic heterocycles. The zero-order valence-electron chi connectivity index (χ0n) is 71.2. The van der Waals surface area contributed by atoms with Crippen molar-refractivity contribution in [3.05, 3.63) is 24.3 Å². The Morgan fingerprint density at radius 2 is 0.495 bits per heavy atom. The van der Waals surface area contributed by atoms with Gasteiger partial charge in [0, 0.05) is 25.7 Å². The molecule has 0 saturated heterocycles. The normalized spacial score (nSPS) is 13.8. The fraction of sp³-hybridized carbons (Fsp3) is 0.911. The number of esters is 4. The molecule has 644 valence electrons. The summed E-state index contributed by atoms with van der Waals surface area (Å²) in [5.41, 5.74) is 0. The summed E-state index contributed by atoms with van der Waals surface area (Å²) in [4.78, 5) is 73.3. The molecule has 0 saturated carbocycles. The van der Waals surface area contributed by atoms with Gasteiger partial charge in [0.15, 0.2) is 12.2 Å². The standard InChI is InChI=1S/C90H172O17P2/c1-6-9-12-15-18-21-24-27-30-32-34-36-37-39-41-44-47-50-55-61-66-71-76-90(95)106-85(79-100-87(92)73-68-63-58-53-48-45-43-40-38-35-33-31-28-25-22-19-16-13-10-7-2)81-104-108(96,97)102-77-84(91)78-103-109(98,99)105-82-86(80-101-88(93)74-69-64-59-56-51-52-57-62-67-72-83(4)5)107-89(94)75-70-65-60-54-49-46-42-29-26-23-20-17-14-11-8-3/h23,26,29,42,83-86,91H,6-22,24-25,27-28,30-41,43-82H2,1-5H3,(H,96,97)(H,98,99)/b26-23-,42-29-/t84-,85-,86-/m1/s1. The summed E-state index contributed by atoms with van der Waals surface area (Å²) in [6.45, 7) is 7.29.